The molecule has 0 spiro atoms. The number of nitrogen functional groups attached to an aromatic ring is 1. The maximum Gasteiger partial charge on any atom is 0.0455 e. The van der Waals surface area contributed by atoms with Crippen LogP contribution in [-0.2, 0) is 0 Å². The molecule has 2 aromatic rings. The summed E-state index contributed by atoms with van der Waals surface area (Å²) >= 11 is 6.05. The molecule has 0 aliphatic rings. The van der Waals surface area contributed by atoms with E-state index >= 15 is 0 Å². The van der Waals surface area contributed by atoms with Gasteiger partial charge in [0.05, 0.1) is 0 Å². The molecule has 2 aromatic carbocycles. The number of halogens is 1. The molecule has 0 amide bonds. The van der Waals surface area contributed by atoms with Crippen molar-refractivity contribution < 1.29 is 0 Å². The average Bonchev–Trinajstić information content (AvgIpc) is 2.28. The second-order valence-corrected chi connectivity index (χ2v) is 4.07. The standard InChI is InChI=1S/C13H13ClN2/c1-9-12(14)3-2-4-13(9)16-11-7-5-10(15)6-8-11/h2-8,16H,15H2,1H3. The Bertz CT molecular complexity index is 492. The first kappa shape index (κ1) is 10.8. The van der Waals surface area contributed by atoms with Gasteiger partial charge in [-0.15, -0.1) is 0 Å². The molecule has 82 valence electrons. The van der Waals surface area contributed by atoms with E-state index in [2.05, 4.69) is 5.32 Å². The van der Waals surface area contributed by atoms with Crippen molar-refractivity contribution in [2.75, 3.05) is 11.1 Å². The first-order valence-corrected chi connectivity index (χ1v) is 5.42. The van der Waals surface area contributed by atoms with E-state index in [0.29, 0.717) is 0 Å². The maximum absolute atomic E-state index is 6.05. The summed E-state index contributed by atoms with van der Waals surface area (Å²) in [6, 6.07) is 13.4. The van der Waals surface area contributed by atoms with Crippen LogP contribution < -0.4 is 11.1 Å². The van der Waals surface area contributed by atoms with Crippen LogP contribution in [0.3, 0.4) is 0 Å². The fourth-order valence-electron chi connectivity index (χ4n) is 1.46. The number of nitrogens with two attached hydrogens (primary N) is 1. The summed E-state index contributed by atoms with van der Waals surface area (Å²) in [5.74, 6) is 0. The summed E-state index contributed by atoms with van der Waals surface area (Å²) in [5, 5.41) is 4.06. The molecule has 0 heterocycles. The Labute approximate surface area is 100 Å². The van der Waals surface area contributed by atoms with Gasteiger partial charge in [0.2, 0.25) is 0 Å². The number of hydrogen-bond acceptors (Lipinski definition) is 2. The minimum Gasteiger partial charge on any atom is -0.399 e. The Morgan fingerprint density at radius 3 is 2.44 bits per heavy atom. The zero-order valence-electron chi connectivity index (χ0n) is 9.00. The van der Waals surface area contributed by atoms with Gasteiger partial charge in [-0.05, 0) is 48.9 Å². The zero-order valence-corrected chi connectivity index (χ0v) is 9.75. The van der Waals surface area contributed by atoms with Crippen LogP contribution in [0.5, 0.6) is 0 Å². The van der Waals surface area contributed by atoms with Crippen LogP contribution in [0.15, 0.2) is 42.5 Å². The van der Waals surface area contributed by atoms with Gasteiger partial charge in [-0.2, -0.15) is 0 Å². The summed E-state index contributed by atoms with van der Waals surface area (Å²) in [6.07, 6.45) is 0. The maximum atomic E-state index is 6.05. The third kappa shape index (κ3) is 2.28. The molecule has 0 fully saturated rings. The third-order valence-electron chi connectivity index (χ3n) is 2.46. The van der Waals surface area contributed by atoms with Crippen molar-refractivity contribution in [3.63, 3.8) is 0 Å². The molecule has 0 aliphatic carbocycles. The number of rotatable bonds is 2. The van der Waals surface area contributed by atoms with Gasteiger partial charge in [-0.25, -0.2) is 0 Å². The number of nitrogens with one attached hydrogen (secondary N) is 1. The molecule has 2 nitrogen and oxygen atoms in total. The van der Waals surface area contributed by atoms with Crippen molar-refractivity contribution in [1.82, 2.24) is 0 Å². The summed E-state index contributed by atoms with van der Waals surface area (Å²) < 4.78 is 0. The highest BCUT2D eigenvalue weighted by molar-refractivity contribution is 6.31. The third-order valence-corrected chi connectivity index (χ3v) is 2.87. The van der Waals surface area contributed by atoms with E-state index in [-0.39, 0.29) is 0 Å². The molecule has 0 atom stereocenters. The van der Waals surface area contributed by atoms with Gasteiger partial charge >= 0.3 is 0 Å². The summed E-state index contributed by atoms with van der Waals surface area (Å²) in [6.45, 7) is 1.99. The molecule has 3 N–H and O–H groups in total. The van der Waals surface area contributed by atoms with Crippen molar-refractivity contribution in [2.24, 2.45) is 0 Å². The van der Waals surface area contributed by atoms with Crippen LogP contribution in [0.25, 0.3) is 0 Å². The van der Waals surface area contributed by atoms with Gasteiger partial charge in [0.1, 0.15) is 0 Å². The normalized spacial score (nSPS) is 10.1. The molecule has 2 rings (SSSR count). The second kappa shape index (κ2) is 4.45. The summed E-state index contributed by atoms with van der Waals surface area (Å²) in [7, 11) is 0. The highest BCUT2D eigenvalue weighted by atomic mass is 35.5. The van der Waals surface area contributed by atoms with Gasteiger partial charge in [0, 0.05) is 22.1 Å². The number of benzene rings is 2. The fraction of sp³-hybridized carbons (Fsp3) is 0.0769. The van der Waals surface area contributed by atoms with Crippen LogP contribution in [0, 0.1) is 6.92 Å². The molecule has 3 heteroatoms. The molecule has 0 bridgehead atoms. The van der Waals surface area contributed by atoms with Crippen LogP contribution >= 0.6 is 11.6 Å². The Balaban J connectivity index is 2.27. The SMILES string of the molecule is Cc1c(Cl)cccc1Nc1ccc(N)cc1. The lowest BCUT2D eigenvalue weighted by atomic mass is 10.2. The van der Waals surface area contributed by atoms with E-state index in [1.807, 2.05) is 49.4 Å². The van der Waals surface area contributed by atoms with E-state index in [1.54, 1.807) is 0 Å². The van der Waals surface area contributed by atoms with E-state index in [9.17, 15) is 0 Å². The quantitative estimate of drug-likeness (QED) is 0.769. The highest BCUT2D eigenvalue weighted by Gasteiger charge is 2.01. The molecule has 0 saturated carbocycles. The van der Waals surface area contributed by atoms with Crippen LogP contribution in [0.1, 0.15) is 5.56 Å². The van der Waals surface area contributed by atoms with E-state index in [4.69, 9.17) is 17.3 Å². The predicted octanol–water partition coefficient (Wildman–Crippen LogP) is 3.97. The Morgan fingerprint density at radius 2 is 1.75 bits per heavy atom. The Kier molecular flexibility index (Phi) is 3.02. The molecule has 0 aliphatic heterocycles. The van der Waals surface area contributed by atoms with Crippen molar-refractivity contribution in [3.05, 3.63) is 53.1 Å². The minimum absolute atomic E-state index is 0.758. The largest absolute Gasteiger partial charge is 0.399 e. The fourth-order valence-corrected chi connectivity index (χ4v) is 1.64. The molecule has 0 aromatic heterocycles. The molecule has 16 heavy (non-hydrogen) atoms. The summed E-state index contributed by atoms with van der Waals surface area (Å²) in [4.78, 5) is 0. The highest BCUT2D eigenvalue weighted by Crippen LogP contribution is 2.26. The van der Waals surface area contributed by atoms with Gasteiger partial charge < -0.3 is 11.1 Å². The Morgan fingerprint density at radius 1 is 1.06 bits per heavy atom. The molecule has 0 unspecified atom stereocenters. The van der Waals surface area contributed by atoms with Crippen LogP contribution in [0.2, 0.25) is 5.02 Å². The lowest BCUT2D eigenvalue weighted by Gasteiger charge is -2.10. The predicted molar refractivity (Wildman–Crippen MR) is 70.3 cm³/mol. The minimum atomic E-state index is 0.758. The smallest absolute Gasteiger partial charge is 0.0455 e. The van der Waals surface area contributed by atoms with E-state index < -0.39 is 0 Å². The molecular formula is C13H13ClN2. The monoisotopic (exact) mass is 232 g/mol. The van der Waals surface area contributed by atoms with Gasteiger partial charge in [0.15, 0.2) is 0 Å². The summed E-state index contributed by atoms with van der Waals surface area (Å²) in [5.41, 5.74) is 9.44. The van der Waals surface area contributed by atoms with Crippen molar-refractivity contribution in [1.29, 1.82) is 0 Å². The van der Waals surface area contributed by atoms with Gasteiger partial charge in [-0.1, -0.05) is 17.7 Å². The van der Waals surface area contributed by atoms with Gasteiger partial charge in [-0.3, -0.25) is 0 Å². The van der Waals surface area contributed by atoms with Crippen LogP contribution in [-0.4, -0.2) is 0 Å². The average molecular weight is 233 g/mol. The topological polar surface area (TPSA) is 38.0 Å². The first-order valence-electron chi connectivity index (χ1n) is 5.04. The van der Waals surface area contributed by atoms with Crippen molar-refractivity contribution in [2.45, 2.75) is 6.92 Å². The molecular weight excluding hydrogens is 220 g/mol. The Hall–Kier alpha value is -1.67. The zero-order chi connectivity index (χ0) is 11.5. The number of hydrogen-bond donors (Lipinski definition) is 2. The lowest BCUT2D eigenvalue weighted by Crippen LogP contribution is -1.93. The second-order valence-electron chi connectivity index (χ2n) is 3.66. The first-order chi connectivity index (χ1) is 7.66. The molecule has 0 saturated heterocycles. The van der Waals surface area contributed by atoms with E-state index in [1.165, 1.54) is 0 Å². The number of anilines is 3. The van der Waals surface area contributed by atoms with Gasteiger partial charge in [0.25, 0.3) is 0 Å². The van der Waals surface area contributed by atoms with Crippen molar-refractivity contribution >= 4 is 28.7 Å². The van der Waals surface area contributed by atoms with E-state index in [0.717, 1.165) is 27.6 Å². The van der Waals surface area contributed by atoms with Crippen molar-refractivity contribution in [3.8, 4) is 0 Å². The molecule has 0 radical (unpaired) electrons. The lowest BCUT2D eigenvalue weighted by molar-refractivity contribution is 1.43. The van der Waals surface area contributed by atoms with Crippen LogP contribution in [0.4, 0.5) is 17.1 Å².